The van der Waals surface area contributed by atoms with Crippen LogP contribution < -0.4 is 19.5 Å². The largest absolute Gasteiger partial charge is 0.497 e. The fourth-order valence-corrected chi connectivity index (χ4v) is 1.91. The Morgan fingerprint density at radius 2 is 1.70 bits per heavy atom. The van der Waals surface area contributed by atoms with E-state index in [4.69, 9.17) is 14.2 Å². The van der Waals surface area contributed by atoms with Crippen molar-refractivity contribution < 1.29 is 23.4 Å². The van der Waals surface area contributed by atoms with Gasteiger partial charge in [0.05, 0.1) is 19.9 Å². The van der Waals surface area contributed by atoms with Crippen LogP contribution in [0.3, 0.4) is 0 Å². The van der Waals surface area contributed by atoms with Crippen molar-refractivity contribution in [2.24, 2.45) is 0 Å². The van der Waals surface area contributed by atoms with Crippen LogP contribution in [0.25, 0.3) is 0 Å². The number of halogens is 1. The first-order valence-electron chi connectivity index (χ1n) is 6.98. The minimum absolute atomic E-state index is 0.349. The lowest BCUT2D eigenvalue weighted by Crippen LogP contribution is -2.30. The summed E-state index contributed by atoms with van der Waals surface area (Å²) in [5.74, 6) is 0.799. The van der Waals surface area contributed by atoms with Gasteiger partial charge < -0.3 is 19.5 Å². The fourth-order valence-electron chi connectivity index (χ4n) is 1.91. The summed E-state index contributed by atoms with van der Waals surface area (Å²) in [7, 11) is 3.05. The Kier molecular flexibility index (Phi) is 5.41. The zero-order valence-electron chi connectivity index (χ0n) is 13.1. The van der Waals surface area contributed by atoms with E-state index in [2.05, 4.69) is 5.32 Å². The molecule has 0 aliphatic heterocycles. The smallest absolute Gasteiger partial charge is 0.265 e. The number of ether oxygens (including phenoxy) is 3. The van der Waals surface area contributed by atoms with Crippen molar-refractivity contribution in [3.05, 3.63) is 48.3 Å². The molecule has 2 aromatic rings. The van der Waals surface area contributed by atoms with E-state index in [-0.39, 0.29) is 11.7 Å². The third-order valence-corrected chi connectivity index (χ3v) is 3.16. The second-order valence-corrected chi connectivity index (χ2v) is 4.77. The number of hydrogen-bond donors (Lipinski definition) is 1. The molecule has 0 saturated carbocycles. The molecule has 0 aliphatic rings. The molecule has 122 valence electrons. The summed E-state index contributed by atoms with van der Waals surface area (Å²) in [6.45, 7) is 1.61. The summed E-state index contributed by atoms with van der Waals surface area (Å²) in [5.41, 5.74) is 0.507. The number of rotatable bonds is 6. The molecule has 2 rings (SSSR count). The molecule has 1 N–H and O–H groups in total. The van der Waals surface area contributed by atoms with Gasteiger partial charge in [0.15, 0.2) is 6.10 Å². The highest BCUT2D eigenvalue weighted by Crippen LogP contribution is 2.29. The summed E-state index contributed by atoms with van der Waals surface area (Å²) in [6.07, 6.45) is -0.757. The Labute approximate surface area is 134 Å². The molecule has 0 unspecified atom stereocenters. The van der Waals surface area contributed by atoms with Gasteiger partial charge in [0, 0.05) is 6.07 Å². The number of amides is 1. The van der Waals surface area contributed by atoms with Crippen LogP contribution in [0.2, 0.25) is 0 Å². The number of carbonyl (C=O) groups is 1. The molecule has 1 atom stereocenters. The van der Waals surface area contributed by atoms with Gasteiger partial charge in [0.1, 0.15) is 23.1 Å². The maximum absolute atomic E-state index is 12.9. The van der Waals surface area contributed by atoms with Crippen LogP contribution in [0, 0.1) is 5.82 Å². The normalized spacial score (nSPS) is 11.5. The van der Waals surface area contributed by atoms with Gasteiger partial charge in [-0.15, -0.1) is 0 Å². The maximum Gasteiger partial charge on any atom is 0.265 e. The number of anilines is 1. The monoisotopic (exact) mass is 319 g/mol. The summed E-state index contributed by atoms with van der Waals surface area (Å²) in [4.78, 5) is 12.2. The molecule has 0 aromatic heterocycles. The van der Waals surface area contributed by atoms with Crippen LogP contribution in [0.15, 0.2) is 42.5 Å². The Morgan fingerprint density at radius 1 is 1.04 bits per heavy atom. The van der Waals surface area contributed by atoms with E-state index in [9.17, 15) is 9.18 Å². The number of methoxy groups -OCH3 is 2. The van der Waals surface area contributed by atoms with Crippen molar-refractivity contribution in [2.45, 2.75) is 13.0 Å². The lowest BCUT2D eigenvalue weighted by Gasteiger charge is -2.16. The van der Waals surface area contributed by atoms with Crippen LogP contribution in [0.1, 0.15) is 6.92 Å². The van der Waals surface area contributed by atoms with Crippen molar-refractivity contribution in [1.29, 1.82) is 0 Å². The van der Waals surface area contributed by atoms with Crippen molar-refractivity contribution in [2.75, 3.05) is 19.5 Å². The van der Waals surface area contributed by atoms with Crippen molar-refractivity contribution in [3.8, 4) is 17.2 Å². The first-order chi connectivity index (χ1) is 11.0. The van der Waals surface area contributed by atoms with E-state index in [1.807, 2.05) is 0 Å². The molecule has 6 heteroatoms. The van der Waals surface area contributed by atoms with Crippen LogP contribution in [0.4, 0.5) is 10.1 Å². The predicted molar refractivity (Wildman–Crippen MR) is 84.7 cm³/mol. The third-order valence-electron chi connectivity index (χ3n) is 3.16. The van der Waals surface area contributed by atoms with Gasteiger partial charge in [0.25, 0.3) is 5.91 Å². The van der Waals surface area contributed by atoms with Gasteiger partial charge in [-0.2, -0.15) is 0 Å². The average molecular weight is 319 g/mol. The van der Waals surface area contributed by atoms with Gasteiger partial charge in [-0.05, 0) is 43.3 Å². The highest BCUT2D eigenvalue weighted by molar-refractivity contribution is 5.95. The number of nitrogens with one attached hydrogen (secondary N) is 1. The highest BCUT2D eigenvalue weighted by atomic mass is 19.1. The van der Waals surface area contributed by atoms with Gasteiger partial charge >= 0.3 is 0 Å². The maximum atomic E-state index is 12.9. The van der Waals surface area contributed by atoms with E-state index < -0.39 is 6.10 Å². The number of carbonyl (C=O) groups excluding carboxylic acids is 1. The summed E-state index contributed by atoms with van der Waals surface area (Å²) < 4.78 is 28.7. The van der Waals surface area contributed by atoms with E-state index in [0.717, 1.165) is 0 Å². The van der Waals surface area contributed by atoms with Crippen molar-refractivity contribution in [1.82, 2.24) is 0 Å². The lowest BCUT2D eigenvalue weighted by molar-refractivity contribution is -0.122. The molecule has 0 bridgehead atoms. The SMILES string of the molecule is COc1ccc(NC(=O)[C@H](C)Oc2ccc(F)cc2)c(OC)c1. The zero-order valence-corrected chi connectivity index (χ0v) is 13.1. The molecule has 2 aromatic carbocycles. The van der Waals surface area contributed by atoms with Gasteiger partial charge in [-0.25, -0.2) is 4.39 Å². The van der Waals surface area contributed by atoms with Crippen LogP contribution in [0.5, 0.6) is 17.2 Å². The molecule has 0 fully saturated rings. The second kappa shape index (κ2) is 7.49. The van der Waals surface area contributed by atoms with Gasteiger partial charge in [0.2, 0.25) is 0 Å². The molecular formula is C17H18FNO4. The van der Waals surface area contributed by atoms with E-state index >= 15 is 0 Å². The first-order valence-corrected chi connectivity index (χ1v) is 6.98. The Hall–Kier alpha value is -2.76. The fraction of sp³-hybridized carbons (Fsp3) is 0.235. The Bertz CT molecular complexity index is 673. The molecule has 1 amide bonds. The van der Waals surface area contributed by atoms with Gasteiger partial charge in [-0.3, -0.25) is 4.79 Å². The lowest BCUT2D eigenvalue weighted by atomic mass is 10.2. The predicted octanol–water partition coefficient (Wildman–Crippen LogP) is 3.25. The molecule has 23 heavy (non-hydrogen) atoms. The van der Waals surface area contributed by atoms with Gasteiger partial charge in [-0.1, -0.05) is 0 Å². The number of benzene rings is 2. The molecule has 0 radical (unpaired) electrons. The minimum Gasteiger partial charge on any atom is -0.497 e. The number of hydrogen-bond acceptors (Lipinski definition) is 4. The highest BCUT2D eigenvalue weighted by Gasteiger charge is 2.17. The molecule has 0 saturated heterocycles. The quantitative estimate of drug-likeness (QED) is 0.888. The summed E-state index contributed by atoms with van der Waals surface area (Å²) >= 11 is 0. The average Bonchev–Trinajstić information content (AvgIpc) is 2.57. The van der Waals surface area contributed by atoms with Crippen molar-refractivity contribution >= 4 is 11.6 Å². The zero-order chi connectivity index (χ0) is 16.8. The Morgan fingerprint density at radius 3 is 2.30 bits per heavy atom. The molecule has 0 aliphatic carbocycles. The molecule has 5 nitrogen and oxygen atoms in total. The standard InChI is InChI=1S/C17H18FNO4/c1-11(23-13-6-4-12(18)5-7-13)17(20)19-15-9-8-14(21-2)10-16(15)22-3/h4-11H,1-3H3,(H,19,20)/t11-/m0/s1. The van der Waals surface area contributed by atoms with Crippen molar-refractivity contribution in [3.63, 3.8) is 0 Å². The molecular weight excluding hydrogens is 301 g/mol. The Balaban J connectivity index is 2.04. The molecule has 0 heterocycles. The van der Waals surface area contributed by atoms with Crippen LogP contribution in [-0.2, 0) is 4.79 Å². The van der Waals surface area contributed by atoms with Crippen LogP contribution in [-0.4, -0.2) is 26.2 Å². The van der Waals surface area contributed by atoms with E-state index in [1.54, 1.807) is 32.2 Å². The van der Waals surface area contributed by atoms with Crippen LogP contribution >= 0.6 is 0 Å². The summed E-state index contributed by atoms with van der Waals surface area (Å²) in [5, 5.41) is 2.73. The topological polar surface area (TPSA) is 56.8 Å². The third kappa shape index (κ3) is 4.35. The van der Waals surface area contributed by atoms with E-state index in [1.165, 1.54) is 31.4 Å². The molecule has 0 spiro atoms. The first kappa shape index (κ1) is 16.6. The van der Waals surface area contributed by atoms with E-state index in [0.29, 0.717) is 22.9 Å². The summed E-state index contributed by atoms with van der Waals surface area (Å²) in [6, 6.07) is 10.5. The minimum atomic E-state index is -0.757. The second-order valence-electron chi connectivity index (χ2n) is 4.77.